The second-order valence-electron chi connectivity index (χ2n) is 5.29. The van der Waals surface area contributed by atoms with Crippen molar-refractivity contribution in [3.63, 3.8) is 0 Å². The predicted octanol–water partition coefficient (Wildman–Crippen LogP) is 4.19. The van der Waals surface area contributed by atoms with Gasteiger partial charge in [-0.15, -0.1) is 0 Å². The molecule has 102 valence electrons. The number of hydrogen-bond donors (Lipinski definition) is 0. The van der Waals surface area contributed by atoms with E-state index in [0.717, 1.165) is 29.9 Å². The van der Waals surface area contributed by atoms with Crippen molar-refractivity contribution in [2.45, 2.75) is 33.7 Å². The largest absolute Gasteiger partial charge is 0.492 e. The fourth-order valence-corrected chi connectivity index (χ4v) is 2.25. The van der Waals surface area contributed by atoms with Crippen molar-refractivity contribution in [3.8, 4) is 5.75 Å². The minimum absolute atomic E-state index is 0.568. The molecule has 1 aromatic rings. The zero-order valence-corrected chi connectivity index (χ0v) is 13.4. The van der Waals surface area contributed by atoms with Gasteiger partial charge in [-0.05, 0) is 38.0 Å². The van der Waals surface area contributed by atoms with Crippen LogP contribution in [0.4, 0.5) is 0 Å². The van der Waals surface area contributed by atoms with Gasteiger partial charge in [0.05, 0.1) is 0 Å². The molecule has 2 nitrogen and oxygen atoms in total. The zero-order valence-electron chi connectivity index (χ0n) is 11.8. The van der Waals surface area contributed by atoms with Crippen LogP contribution in [-0.4, -0.2) is 30.6 Å². The Kier molecular flexibility index (Phi) is 6.72. The molecule has 0 bridgehead atoms. The van der Waals surface area contributed by atoms with Gasteiger partial charge in [0.15, 0.2) is 0 Å². The first kappa shape index (κ1) is 15.5. The maximum atomic E-state index is 5.78. The maximum absolute atomic E-state index is 5.78. The van der Waals surface area contributed by atoms with Gasteiger partial charge < -0.3 is 4.74 Å². The summed E-state index contributed by atoms with van der Waals surface area (Å²) in [6, 6.07) is 8.56. The Balaban J connectivity index is 2.39. The van der Waals surface area contributed by atoms with Crippen LogP contribution in [0.1, 0.15) is 27.7 Å². The molecule has 0 amide bonds. The van der Waals surface area contributed by atoms with Gasteiger partial charge in [-0.25, -0.2) is 0 Å². The fourth-order valence-electron chi connectivity index (χ4n) is 1.87. The Morgan fingerprint density at radius 2 is 1.94 bits per heavy atom. The molecular weight excluding hydrogens is 290 g/mol. The van der Waals surface area contributed by atoms with E-state index >= 15 is 0 Å². The third-order valence-electron chi connectivity index (χ3n) is 2.77. The Morgan fingerprint density at radius 3 is 2.50 bits per heavy atom. The van der Waals surface area contributed by atoms with Crippen LogP contribution in [0.5, 0.6) is 5.75 Å². The predicted molar refractivity (Wildman–Crippen MR) is 81.2 cm³/mol. The van der Waals surface area contributed by atoms with E-state index in [0.29, 0.717) is 12.0 Å². The van der Waals surface area contributed by atoms with Crippen LogP contribution in [0.15, 0.2) is 28.7 Å². The number of halogens is 1. The van der Waals surface area contributed by atoms with E-state index in [4.69, 9.17) is 4.74 Å². The van der Waals surface area contributed by atoms with Gasteiger partial charge in [0, 0.05) is 23.6 Å². The molecule has 0 fully saturated rings. The lowest BCUT2D eigenvalue weighted by molar-refractivity contribution is 0.160. The Hall–Kier alpha value is -0.540. The number of benzene rings is 1. The normalized spacial score (nSPS) is 11.6. The molecule has 0 aliphatic heterocycles. The number of nitrogens with zero attached hydrogens (tertiary/aromatic N) is 1. The fraction of sp³-hybridized carbons (Fsp3) is 0.600. The monoisotopic (exact) mass is 313 g/mol. The van der Waals surface area contributed by atoms with E-state index < -0.39 is 0 Å². The van der Waals surface area contributed by atoms with E-state index in [2.05, 4.69) is 48.5 Å². The second-order valence-corrected chi connectivity index (χ2v) is 6.20. The van der Waals surface area contributed by atoms with Crippen molar-refractivity contribution in [1.29, 1.82) is 0 Å². The molecule has 0 atom stereocenters. The summed E-state index contributed by atoms with van der Waals surface area (Å²) >= 11 is 3.45. The average molecular weight is 314 g/mol. The lowest BCUT2D eigenvalue weighted by Gasteiger charge is -2.28. The smallest absolute Gasteiger partial charge is 0.120 e. The number of ether oxygens (including phenoxy) is 1. The minimum atomic E-state index is 0.568. The minimum Gasteiger partial charge on any atom is -0.492 e. The summed E-state index contributed by atoms with van der Waals surface area (Å²) in [7, 11) is 0. The van der Waals surface area contributed by atoms with Crippen LogP contribution in [0.3, 0.4) is 0 Å². The Morgan fingerprint density at radius 1 is 1.22 bits per heavy atom. The molecule has 0 saturated carbocycles. The molecule has 1 rings (SSSR count). The van der Waals surface area contributed by atoms with E-state index in [-0.39, 0.29) is 0 Å². The van der Waals surface area contributed by atoms with Crippen molar-refractivity contribution in [3.05, 3.63) is 28.7 Å². The molecule has 0 N–H and O–H groups in total. The SMILES string of the molecule is CC(C)CN(CCOc1cccc(Br)c1)C(C)C. The third-order valence-corrected chi connectivity index (χ3v) is 3.27. The summed E-state index contributed by atoms with van der Waals surface area (Å²) in [6.45, 7) is 11.8. The molecule has 3 heteroatoms. The van der Waals surface area contributed by atoms with Crippen molar-refractivity contribution in [2.24, 2.45) is 5.92 Å². The topological polar surface area (TPSA) is 12.5 Å². The molecule has 0 heterocycles. The molecule has 1 aromatic carbocycles. The van der Waals surface area contributed by atoms with Crippen molar-refractivity contribution < 1.29 is 4.74 Å². The molecule has 0 radical (unpaired) electrons. The summed E-state index contributed by atoms with van der Waals surface area (Å²) in [5.74, 6) is 1.62. The average Bonchev–Trinajstić information content (AvgIpc) is 2.27. The third kappa shape index (κ3) is 5.87. The van der Waals surface area contributed by atoms with Crippen LogP contribution in [0, 0.1) is 5.92 Å². The van der Waals surface area contributed by atoms with Crippen LogP contribution in [0.25, 0.3) is 0 Å². The first-order valence-electron chi connectivity index (χ1n) is 6.61. The van der Waals surface area contributed by atoms with Gasteiger partial charge in [0.2, 0.25) is 0 Å². The summed E-state index contributed by atoms with van der Waals surface area (Å²) < 4.78 is 6.84. The molecule has 0 aliphatic carbocycles. The summed E-state index contributed by atoms with van der Waals surface area (Å²) in [6.07, 6.45) is 0. The van der Waals surface area contributed by atoms with Gasteiger partial charge in [-0.3, -0.25) is 4.90 Å². The highest BCUT2D eigenvalue weighted by Crippen LogP contribution is 2.17. The van der Waals surface area contributed by atoms with E-state index in [1.807, 2.05) is 24.3 Å². The molecule has 18 heavy (non-hydrogen) atoms. The molecular formula is C15H24BrNO. The molecule has 0 unspecified atom stereocenters. The highest BCUT2D eigenvalue weighted by atomic mass is 79.9. The van der Waals surface area contributed by atoms with Crippen LogP contribution < -0.4 is 4.74 Å². The van der Waals surface area contributed by atoms with E-state index in [1.54, 1.807) is 0 Å². The maximum Gasteiger partial charge on any atom is 0.120 e. The van der Waals surface area contributed by atoms with Gasteiger partial charge >= 0.3 is 0 Å². The highest BCUT2D eigenvalue weighted by molar-refractivity contribution is 9.10. The quantitative estimate of drug-likeness (QED) is 0.748. The van der Waals surface area contributed by atoms with Crippen LogP contribution >= 0.6 is 15.9 Å². The van der Waals surface area contributed by atoms with E-state index in [1.165, 1.54) is 0 Å². The lowest BCUT2D eigenvalue weighted by Crippen LogP contribution is -2.37. The second kappa shape index (κ2) is 7.80. The molecule has 0 aromatic heterocycles. The zero-order chi connectivity index (χ0) is 13.5. The van der Waals surface area contributed by atoms with Gasteiger partial charge in [-0.1, -0.05) is 35.8 Å². The van der Waals surface area contributed by atoms with E-state index in [9.17, 15) is 0 Å². The summed E-state index contributed by atoms with van der Waals surface area (Å²) in [4.78, 5) is 2.46. The summed E-state index contributed by atoms with van der Waals surface area (Å²) in [5, 5.41) is 0. The van der Waals surface area contributed by atoms with Crippen LogP contribution in [-0.2, 0) is 0 Å². The van der Waals surface area contributed by atoms with Crippen LogP contribution in [0.2, 0.25) is 0 Å². The van der Waals surface area contributed by atoms with Gasteiger partial charge in [-0.2, -0.15) is 0 Å². The first-order chi connectivity index (χ1) is 8.49. The first-order valence-corrected chi connectivity index (χ1v) is 7.40. The Labute approximate surface area is 119 Å². The van der Waals surface area contributed by atoms with Gasteiger partial charge in [0.1, 0.15) is 12.4 Å². The molecule has 0 spiro atoms. The molecule has 0 aliphatic rings. The standard InChI is InChI=1S/C15H24BrNO/c1-12(2)11-17(13(3)4)8-9-18-15-7-5-6-14(16)10-15/h5-7,10,12-13H,8-9,11H2,1-4H3. The number of hydrogen-bond acceptors (Lipinski definition) is 2. The van der Waals surface area contributed by atoms with Crippen molar-refractivity contribution in [1.82, 2.24) is 4.90 Å². The summed E-state index contributed by atoms with van der Waals surface area (Å²) in [5.41, 5.74) is 0. The number of rotatable bonds is 7. The van der Waals surface area contributed by atoms with Crippen molar-refractivity contribution in [2.75, 3.05) is 19.7 Å². The van der Waals surface area contributed by atoms with Gasteiger partial charge in [0.25, 0.3) is 0 Å². The lowest BCUT2D eigenvalue weighted by atomic mass is 10.2. The highest BCUT2D eigenvalue weighted by Gasteiger charge is 2.10. The van der Waals surface area contributed by atoms with Crippen molar-refractivity contribution >= 4 is 15.9 Å². The Bertz CT molecular complexity index is 352. The molecule has 0 saturated heterocycles.